The van der Waals surface area contributed by atoms with Gasteiger partial charge in [0.05, 0.1) is 4.47 Å². The maximum atomic E-state index is 8.10. The number of hydrogen-bond acceptors (Lipinski definition) is 5. The molecule has 2 heterocycles. The van der Waals surface area contributed by atoms with E-state index in [1.54, 1.807) is 12.4 Å². The maximum Gasteiger partial charge on any atom is 0.225 e. The molecule has 1 aromatic rings. The zero-order valence-electron chi connectivity index (χ0n) is 12.3. The number of rotatable bonds is 5. The summed E-state index contributed by atoms with van der Waals surface area (Å²) in [6, 6.07) is 0. The molecular formula is C12H20BrN5. The first-order valence-electron chi connectivity index (χ1n) is 7.20. The molecule has 1 aliphatic rings. The first kappa shape index (κ1) is 11.1. The number of nitrogens with two attached hydrogens (primary N) is 1. The Morgan fingerprint density at radius 1 is 1.22 bits per heavy atom. The van der Waals surface area contributed by atoms with Crippen molar-refractivity contribution in [2.45, 2.75) is 12.8 Å². The second-order valence-electron chi connectivity index (χ2n) is 4.23. The molecule has 0 aromatic carbocycles. The average Bonchev–Trinajstić information content (AvgIpc) is 2.46. The summed E-state index contributed by atoms with van der Waals surface area (Å²) in [5, 5.41) is 0. The Kier molecular flexibility index (Phi) is 4.34. The molecule has 0 spiro atoms. The van der Waals surface area contributed by atoms with Crippen LogP contribution in [0.25, 0.3) is 0 Å². The van der Waals surface area contributed by atoms with Crippen LogP contribution in [0, 0.1) is 0 Å². The van der Waals surface area contributed by atoms with E-state index in [0.717, 1.165) is 17.6 Å². The Hall–Kier alpha value is -0.720. The molecule has 0 aliphatic carbocycles. The van der Waals surface area contributed by atoms with Crippen molar-refractivity contribution in [1.29, 1.82) is 0 Å². The summed E-state index contributed by atoms with van der Waals surface area (Å²) in [6.45, 7) is 2.10. The Labute approximate surface area is 119 Å². The number of hydrogen-bond donors (Lipinski definition) is 1. The highest BCUT2D eigenvalue weighted by Crippen LogP contribution is 2.13. The van der Waals surface area contributed by atoms with E-state index >= 15 is 0 Å². The lowest BCUT2D eigenvalue weighted by atomic mass is 10.2. The van der Waals surface area contributed by atoms with E-state index < -0.39 is 6.50 Å². The molecule has 100 valence electrons. The van der Waals surface area contributed by atoms with Crippen molar-refractivity contribution >= 4 is 21.9 Å². The van der Waals surface area contributed by atoms with E-state index in [1.807, 2.05) is 4.90 Å². The van der Waals surface area contributed by atoms with Crippen LogP contribution in [0.4, 0.5) is 5.95 Å². The molecule has 1 saturated heterocycles. The summed E-state index contributed by atoms with van der Waals surface area (Å²) >= 11 is 3.32. The van der Waals surface area contributed by atoms with Crippen molar-refractivity contribution in [3.63, 3.8) is 0 Å². The molecule has 1 fully saturated rings. The third-order valence-corrected chi connectivity index (χ3v) is 3.30. The SMILES string of the molecule is [2H]C([2H])(CCCN)N1CCN(c2ncc(Br)cn2)CC1. The second kappa shape index (κ2) is 7.01. The fraction of sp³-hybridized carbons (Fsp3) is 0.667. The van der Waals surface area contributed by atoms with Crippen molar-refractivity contribution in [2.75, 3.05) is 44.1 Å². The van der Waals surface area contributed by atoms with Crippen LogP contribution in [0.15, 0.2) is 16.9 Å². The van der Waals surface area contributed by atoms with E-state index in [9.17, 15) is 0 Å². The molecular weight excluding hydrogens is 294 g/mol. The van der Waals surface area contributed by atoms with Crippen LogP contribution in [0.2, 0.25) is 0 Å². The minimum atomic E-state index is -1.27. The Bertz CT molecular complexity index is 420. The molecule has 0 bridgehead atoms. The first-order chi connectivity index (χ1) is 9.53. The topological polar surface area (TPSA) is 58.3 Å². The number of aromatic nitrogens is 2. The second-order valence-corrected chi connectivity index (χ2v) is 5.14. The summed E-state index contributed by atoms with van der Waals surface area (Å²) in [5.74, 6) is 0.704. The Balaban J connectivity index is 1.90. The van der Waals surface area contributed by atoms with Gasteiger partial charge in [0.2, 0.25) is 5.95 Å². The fourth-order valence-corrected chi connectivity index (χ4v) is 2.08. The largest absolute Gasteiger partial charge is 0.338 e. The van der Waals surface area contributed by atoms with E-state index in [-0.39, 0.29) is 0 Å². The van der Waals surface area contributed by atoms with Gasteiger partial charge in [-0.15, -0.1) is 0 Å². The molecule has 0 amide bonds. The van der Waals surface area contributed by atoms with E-state index in [0.29, 0.717) is 38.4 Å². The molecule has 0 radical (unpaired) electrons. The Morgan fingerprint density at radius 2 is 1.89 bits per heavy atom. The molecule has 0 atom stereocenters. The minimum Gasteiger partial charge on any atom is -0.338 e. The van der Waals surface area contributed by atoms with Gasteiger partial charge in [-0.25, -0.2) is 9.97 Å². The van der Waals surface area contributed by atoms with E-state index in [2.05, 4.69) is 30.8 Å². The van der Waals surface area contributed by atoms with Gasteiger partial charge in [-0.2, -0.15) is 0 Å². The van der Waals surface area contributed by atoms with Gasteiger partial charge in [-0.05, 0) is 41.8 Å². The molecule has 18 heavy (non-hydrogen) atoms. The number of anilines is 1. The summed E-state index contributed by atoms with van der Waals surface area (Å²) in [5.41, 5.74) is 5.46. The van der Waals surface area contributed by atoms with Crippen molar-refractivity contribution in [3.05, 3.63) is 16.9 Å². The highest BCUT2D eigenvalue weighted by molar-refractivity contribution is 9.10. The van der Waals surface area contributed by atoms with Crippen LogP contribution in [0.1, 0.15) is 15.6 Å². The van der Waals surface area contributed by atoms with Gasteiger partial charge in [0.15, 0.2) is 0 Å². The molecule has 1 aliphatic heterocycles. The summed E-state index contributed by atoms with van der Waals surface area (Å²) in [6.07, 6.45) is 4.66. The zero-order chi connectivity index (χ0) is 14.6. The van der Waals surface area contributed by atoms with Crippen molar-refractivity contribution in [3.8, 4) is 0 Å². The molecule has 1 aromatic heterocycles. The third-order valence-electron chi connectivity index (χ3n) is 2.89. The predicted molar refractivity (Wildman–Crippen MR) is 76.7 cm³/mol. The summed E-state index contributed by atoms with van der Waals surface area (Å²) in [4.78, 5) is 12.5. The lowest BCUT2D eigenvalue weighted by molar-refractivity contribution is 0.252. The zero-order valence-corrected chi connectivity index (χ0v) is 11.9. The van der Waals surface area contributed by atoms with Crippen LogP contribution in [0.5, 0.6) is 0 Å². The molecule has 6 heteroatoms. The lowest BCUT2D eigenvalue weighted by Gasteiger charge is -2.34. The predicted octanol–water partition coefficient (Wildman–Crippen LogP) is 1.10. The highest BCUT2D eigenvalue weighted by atomic mass is 79.9. The summed E-state index contributed by atoms with van der Waals surface area (Å²) < 4.78 is 17.1. The van der Waals surface area contributed by atoms with Gasteiger partial charge < -0.3 is 10.6 Å². The normalized spacial score (nSPS) is 19.6. The van der Waals surface area contributed by atoms with Gasteiger partial charge in [-0.3, -0.25) is 4.90 Å². The third kappa shape index (κ3) is 3.90. The minimum absolute atomic E-state index is 0.484. The van der Waals surface area contributed by atoms with Crippen molar-refractivity contribution < 1.29 is 2.74 Å². The highest BCUT2D eigenvalue weighted by Gasteiger charge is 2.18. The summed E-state index contributed by atoms with van der Waals surface area (Å²) in [7, 11) is 0. The van der Waals surface area contributed by atoms with Crippen LogP contribution in [-0.4, -0.2) is 54.1 Å². The van der Waals surface area contributed by atoms with Gasteiger partial charge >= 0.3 is 0 Å². The van der Waals surface area contributed by atoms with Crippen LogP contribution < -0.4 is 10.6 Å². The standard InChI is InChI=1S/C12H20BrN5/c13-11-9-15-12(16-10-11)18-7-5-17(6-8-18)4-2-1-3-14/h9-10H,1-8,14H2/i4D2. The lowest BCUT2D eigenvalue weighted by Crippen LogP contribution is -2.47. The van der Waals surface area contributed by atoms with Crippen molar-refractivity contribution in [1.82, 2.24) is 14.9 Å². The Morgan fingerprint density at radius 3 is 2.50 bits per heavy atom. The van der Waals surface area contributed by atoms with Gasteiger partial charge in [0.25, 0.3) is 0 Å². The maximum absolute atomic E-state index is 8.10. The van der Waals surface area contributed by atoms with Gasteiger partial charge in [-0.1, -0.05) is 0 Å². The number of piperazine rings is 1. The van der Waals surface area contributed by atoms with E-state index in [4.69, 9.17) is 8.48 Å². The number of halogens is 1. The van der Waals surface area contributed by atoms with Gasteiger partial charge in [0.1, 0.15) is 0 Å². The van der Waals surface area contributed by atoms with Gasteiger partial charge in [0, 0.05) is 41.3 Å². The van der Waals surface area contributed by atoms with Crippen LogP contribution in [0.3, 0.4) is 0 Å². The number of nitrogens with zero attached hydrogens (tertiary/aromatic N) is 4. The quantitative estimate of drug-likeness (QED) is 0.881. The molecule has 5 nitrogen and oxygen atoms in total. The average molecular weight is 316 g/mol. The first-order valence-corrected chi connectivity index (χ1v) is 7.00. The monoisotopic (exact) mass is 315 g/mol. The molecule has 2 N–H and O–H groups in total. The smallest absolute Gasteiger partial charge is 0.225 e. The molecule has 0 unspecified atom stereocenters. The van der Waals surface area contributed by atoms with Crippen LogP contribution in [-0.2, 0) is 0 Å². The van der Waals surface area contributed by atoms with Crippen LogP contribution >= 0.6 is 15.9 Å². The van der Waals surface area contributed by atoms with E-state index in [1.165, 1.54) is 0 Å². The molecule has 2 rings (SSSR count). The fourth-order valence-electron chi connectivity index (χ4n) is 1.87. The molecule has 0 saturated carbocycles. The van der Waals surface area contributed by atoms with Crippen molar-refractivity contribution in [2.24, 2.45) is 5.73 Å².